The van der Waals surface area contributed by atoms with Crippen LogP contribution in [0.15, 0.2) is 0 Å². The van der Waals surface area contributed by atoms with Gasteiger partial charge in [-0.25, -0.2) is 0 Å². The van der Waals surface area contributed by atoms with E-state index in [4.69, 9.17) is 4.74 Å². The zero-order valence-corrected chi connectivity index (χ0v) is 45.0. The molecule has 0 saturated heterocycles. The van der Waals surface area contributed by atoms with Crippen LogP contribution in [0.5, 0.6) is 0 Å². The first-order chi connectivity index (χ1) is 32.5. The molecule has 0 bridgehead atoms. The Balaban J connectivity index is 3.36. The Morgan fingerprint density at radius 2 is 0.621 bits per heavy atom. The highest BCUT2D eigenvalue weighted by Gasteiger charge is 2.20. The predicted molar refractivity (Wildman–Crippen MR) is 287 cm³/mol. The Morgan fingerprint density at radius 1 is 0.364 bits per heavy atom. The monoisotopic (exact) mass is 934 g/mol. The molecule has 66 heavy (non-hydrogen) atoms. The molecule has 6 nitrogen and oxygen atoms in total. The van der Waals surface area contributed by atoms with Gasteiger partial charge in [-0.15, -0.1) is 0 Å². The number of esters is 1. The maximum absolute atomic E-state index is 12.5. The summed E-state index contributed by atoms with van der Waals surface area (Å²) in [4.78, 5) is 24.5. The van der Waals surface area contributed by atoms with Crippen LogP contribution in [-0.4, -0.2) is 47.4 Å². The van der Waals surface area contributed by atoms with Gasteiger partial charge in [-0.1, -0.05) is 309 Å². The Labute approximate surface area is 413 Å². The van der Waals surface area contributed by atoms with Crippen molar-refractivity contribution in [2.24, 2.45) is 0 Å². The molecule has 0 radical (unpaired) electrons. The molecule has 0 aromatic rings. The second kappa shape index (κ2) is 56.4. The number of amides is 1. The second-order valence-electron chi connectivity index (χ2n) is 21.1. The standard InChI is InChI=1S/C60H119NO5/c1-3-5-7-9-11-13-15-17-18-22-26-30-34-38-42-46-50-54-60(65)66-55-51-47-43-39-35-31-27-24-21-19-20-23-25-29-33-37-41-45-49-53-59(64)61-57(56-62)58(63)52-48-44-40-36-32-28-16-14-12-10-8-6-4-2/h57-58,62-63H,3-56H2,1-2H3,(H,61,64). The highest BCUT2D eigenvalue weighted by Crippen LogP contribution is 2.18. The van der Waals surface area contributed by atoms with Gasteiger partial charge in [-0.2, -0.15) is 0 Å². The molecule has 0 aromatic carbocycles. The topological polar surface area (TPSA) is 95.9 Å². The lowest BCUT2D eigenvalue weighted by Crippen LogP contribution is -2.45. The quantitative estimate of drug-likeness (QED) is 0.0417. The SMILES string of the molecule is CCCCCCCCCCCCCCCCCCCC(=O)OCCCCCCCCCCCCCCCCCCCCCC(=O)NC(CO)C(O)CCCCCCCCCCCCCCC. The van der Waals surface area contributed by atoms with Crippen molar-refractivity contribution in [1.82, 2.24) is 5.32 Å². The fourth-order valence-corrected chi connectivity index (χ4v) is 9.76. The molecule has 0 aliphatic carbocycles. The van der Waals surface area contributed by atoms with Gasteiger partial charge in [-0.3, -0.25) is 9.59 Å². The Morgan fingerprint density at radius 3 is 0.924 bits per heavy atom. The summed E-state index contributed by atoms with van der Waals surface area (Å²) in [5.41, 5.74) is 0. The van der Waals surface area contributed by atoms with Crippen molar-refractivity contribution in [1.29, 1.82) is 0 Å². The predicted octanol–water partition coefficient (Wildman–Crippen LogP) is 18.7. The van der Waals surface area contributed by atoms with E-state index in [2.05, 4.69) is 19.2 Å². The Kier molecular flexibility index (Phi) is 55.5. The first-order valence-corrected chi connectivity index (χ1v) is 30.3. The molecule has 0 fully saturated rings. The lowest BCUT2D eigenvalue weighted by Gasteiger charge is -2.22. The summed E-state index contributed by atoms with van der Waals surface area (Å²) in [6.07, 6.45) is 65.3. The molecule has 0 rings (SSSR count). The van der Waals surface area contributed by atoms with Crippen LogP contribution in [0.2, 0.25) is 0 Å². The van der Waals surface area contributed by atoms with Crippen LogP contribution in [0.1, 0.15) is 348 Å². The van der Waals surface area contributed by atoms with E-state index in [1.165, 1.54) is 276 Å². The van der Waals surface area contributed by atoms with Gasteiger partial charge in [0.25, 0.3) is 0 Å². The van der Waals surface area contributed by atoms with Crippen molar-refractivity contribution in [3.63, 3.8) is 0 Å². The average molecular weight is 935 g/mol. The maximum Gasteiger partial charge on any atom is 0.305 e. The van der Waals surface area contributed by atoms with Gasteiger partial charge in [0.2, 0.25) is 5.91 Å². The molecule has 394 valence electrons. The molecule has 0 heterocycles. The summed E-state index contributed by atoms with van der Waals surface area (Å²) in [6.45, 7) is 4.97. The molecule has 0 aliphatic heterocycles. The summed E-state index contributed by atoms with van der Waals surface area (Å²) in [7, 11) is 0. The molecule has 0 spiro atoms. The number of aliphatic hydroxyl groups excluding tert-OH is 2. The number of hydrogen-bond acceptors (Lipinski definition) is 5. The van der Waals surface area contributed by atoms with Crippen molar-refractivity contribution in [3.05, 3.63) is 0 Å². The number of hydrogen-bond donors (Lipinski definition) is 3. The van der Waals surface area contributed by atoms with E-state index in [0.717, 1.165) is 38.5 Å². The van der Waals surface area contributed by atoms with Crippen LogP contribution >= 0.6 is 0 Å². The van der Waals surface area contributed by atoms with Crippen molar-refractivity contribution < 1.29 is 24.5 Å². The molecular weight excluding hydrogens is 815 g/mol. The van der Waals surface area contributed by atoms with E-state index in [-0.39, 0.29) is 18.5 Å². The zero-order valence-electron chi connectivity index (χ0n) is 45.0. The third-order valence-electron chi connectivity index (χ3n) is 14.4. The number of rotatable bonds is 57. The normalized spacial score (nSPS) is 12.5. The number of nitrogens with one attached hydrogen (secondary N) is 1. The molecule has 2 unspecified atom stereocenters. The summed E-state index contributed by atoms with van der Waals surface area (Å²) in [5.74, 6) is -0.0217. The van der Waals surface area contributed by atoms with Gasteiger partial charge in [0.05, 0.1) is 25.4 Å². The highest BCUT2D eigenvalue weighted by atomic mass is 16.5. The van der Waals surface area contributed by atoms with Crippen molar-refractivity contribution in [2.45, 2.75) is 360 Å². The van der Waals surface area contributed by atoms with Crippen LogP contribution in [0.3, 0.4) is 0 Å². The number of aliphatic hydroxyl groups is 2. The van der Waals surface area contributed by atoms with Gasteiger partial charge in [-0.05, 0) is 25.7 Å². The minimum Gasteiger partial charge on any atom is -0.466 e. The van der Waals surface area contributed by atoms with E-state index in [1.807, 2.05) is 0 Å². The fraction of sp³-hybridized carbons (Fsp3) is 0.967. The molecule has 1 amide bonds. The van der Waals surface area contributed by atoms with E-state index < -0.39 is 12.1 Å². The molecule has 6 heteroatoms. The number of ether oxygens (including phenoxy) is 1. The Hall–Kier alpha value is -1.14. The minimum absolute atomic E-state index is 0.0140. The van der Waals surface area contributed by atoms with Crippen LogP contribution in [0.25, 0.3) is 0 Å². The third-order valence-corrected chi connectivity index (χ3v) is 14.4. The summed E-state index contributed by atoms with van der Waals surface area (Å²) in [5, 5.41) is 23.2. The van der Waals surface area contributed by atoms with Gasteiger partial charge < -0.3 is 20.3 Å². The van der Waals surface area contributed by atoms with Crippen molar-refractivity contribution in [2.75, 3.05) is 13.2 Å². The van der Waals surface area contributed by atoms with E-state index in [9.17, 15) is 19.8 Å². The van der Waals surface area contributed by atoms with Gasteiger partial charge in [0.1, 0.15) is 0 Å². The number of carbonyl (C=O) groups excluding carboxylic acids is 2. The molecule has 0 aliphatic rings. The lowest BCUT2D eigenvalue weighted by atomic mass is 10.0. The third kappa shape index (κ3) is 52.2. The minimum atomic E-state index is -0.664. The maximum atomic E-state index is 12.5. The smallest absolute Gasteiger partial charge is 0.305 e. The van der Waals surface area contributed by atoms with Crippen molar-refractivity contribution >= 4 is 11.9 Å². The Bertz CT molecular complexity index is 944. The van der Waals surface area contributed by atoms with E-state index in [0.29, 0.717) is 25.9 Å². The largest absolute Gasteiger partial charge is 0.466 e. The number of unbranched alkanes of at least 4 members (excludes halogenated alkanes) is 46. The van der Waals surface area contributed by atoms with Gasteiger partial charge in [0.15, 0.2) is 0 Å². The highest BCUT2D eigenvalue weighted by molar-refractivity contribution is 5.76. The first-order valence-electron chi connectivity index (χ1n) is 30.3. The van der Waals surface area contributed by atoms with E-state index >= 15 is 0 Å². The van der Waals surface area contributed by atoms with E-state index in [1.54, 1.807) is 0 Å². The van der Waals surface area contributed by atoms with Gasteiger partial charge in [0, 0.05) is 12.8 Å². The summed E-state index contributed by atoms with van der Waals surface area (Å²) >= 11 is 0. The zero-order chi connectivity index (χ0) is 47.9. The van der Waals surface area contributed by atoms with Crippen LogP contribution in [-0.2, 0) is 14.3 Å². The first kappa shape index (κ1) is 64.9. The van der Waals surface area contributed by atoms with Crippen LogP contribution < -0.4 is 5.32 Å². The molecule has 0 saturated carbocycles. The summed E-state index contributed by atoms with van der Waals surface area (Å²) in [6, 6.07) is -0.541. The van der Waals surface area contributed by atoms with Gasteiger partial charge >= 0.3 is 5.97 Å². The molecular formula is C60H119NO5. The molecule has 0 aromatic heterocycles. The molecule has 3 N–H and O–H groups in total. The van der Waals surface area contributed by atoms with Crippen LogP contribution in [0, 0.1) is 0 Å². The molecule has 2 atom stereocenters. The summed E-state index contributed by atoms with van der Waals surface area (Å²) < 4.78 is 5.50. The van der Waals surface area contributed by atoms with Crippen molar-refractivity contribution in [3.8, 4) is 0 Å². The number of carbonyl (C=O) groups is 2. The lowest BCUT2D eigenvalue weighted by molar-refractivity contribution is -0.143. The fourth-order valence-electron chi connectivity index (χ4n) is 9.76. The second-order valence-corrected chi connectivity index (χ2v) is 21.1. The van der Waals surface area contributed by atoms with Crippen LogP contribution in [0.4, 0.5) is 0 Å². The average Bonchev–Trinajstić information content (AvgIpc) is 3.32.